The summed E-state index contributed by atoms with van der Waals surface area (Å²) in [6.45, 7) is 14.2. The number of hydrogen-bond acceptors (Lipinski definition) is 13. The second kappa shape index (κ2) is 17.9. The van der Waals surface area contributed by atoms with Gasteiger partial charge >= 0.3 is 0 Å². The van der Waals surface area contributed by atoms with E-state index in [9.17, 15) is 0 Å². The lowest BCUT2D eigenvalue weighted by atomic mass is 10.0. The SMILES string of the molecule is C=O.C=O.CCCc1c(N2CCN(C3C=CC(C#N)=CN3)CC2)ccc2nonc12.CN1CCN(c2ccc(C#N)cn2)CC1. The number of nitrogens with one attached hydrogen (secondary N) is 1. The molecule has 1 atom stereocenters. The Morgan fingerprint density at radius 3 is 2.22 bits per heavy atom. The molecule has 0 amide bonds. The van der Waals surface area contributed by atoms with Crippen molar-refractivity contribution in [1.82, 2.24) is 30.4 Å². The summed E-state index contributed by atoms with van der Waals surface area (Å²) in [6.07, 6.45) is 9.56. The molecule has 0 saturated carbocycles. The van der Waals surface area contributed by atoms with Crippen molar-refractivity contribution >= 4 is 36.1 Å². The third kappa shape index (κ3) is 8.95. The van der Waals surface area contributed by atoms with Gasteiger partial charge in [-0.1, -0.05) is 13.3 Å². The van der Waals surface area contributed by atoms with E-state index in [-0.39, 0.29) is 6.17 Å². The maximum atomic E-state index is 8.93. The number of likely N-dealkylation sites (N-methyl/N-ethyl adjacent to an activating group) is 1. The zero-order chi connectivity index (χ0) is 32.6. The molecule has 3 aliphatic heterocycles. The van der Waals surface area contributed by atoms with Gasteiger partial charge in [-0.05, 0) is 60.2 Å². The normalized spacial score (nSPS) is 18.0. The van der Waals surface area contributed by atoms with E-state index in [1.54, 1.807) is 12.4 Å². The van der Waals surface area contributed by atoms with Gasteiger partial charge in [0.25, 0.3) is 0 Å². The Morgan fingerprint density at radius 1 is 0.933 bits per heavy atom. The Bertz CT molecular complexity index is 1490. The molecule has 0 spiro atoms. The molecule has 2 aromatic heterocycles. The quantitative estimate of drug-likeness (QED) is 0.448. The van der Waals surface area contributed by atoms with Crippen molar-refractivity contribution < 1.29 is 14.2 Å². The predicted octanol–water partition coefficient (Wildman–Crippen LogP) is 2.53. The number of pyridine rings is 1. The Hall–Kier alpha value is -5.11. The maximum Gasteiger partial charge on any atom is 0.140 e. The number of nitriles is 2. The van der Waals surface area contributed by atoms with E-state index in [1.807, 2.05) is 37.9 Å². The molecule has 6 rings (SSSR count). The molecule has 13 nitrogen and oxygen atoms in total. The van der Waals surface area contributed by atoms with Crippen LogP contribution < -0.4 is 15.1 Å². The van der Waals surface area contributed by atoms with Gasteiger partial charge in [-0.25, -0.2) is 9.61 Å². The summed E-state index contributed by atoms with van der Waals surface area (Å²) in [4.78, 5) is 29.7. The van der Waals surface area contributed by atoms with E-state index >= 15 is 0 Å². The molecule has 1 unspecified atom stereocenters. The highest BCUT2D eigenvalue weighted by molar-refractivity contribution is 5.83. The van der Waals surface area contributed by atoms with Gasteiger partial charge in [-0.15, -0.1) is 0 Å². The van der Waals surface area contributed by atoms with Gasteiger partial charge in [-0.3, -0.25) is 4.90 Å². The minimum atomic E-state index is 0.159. The van der Waals surface area contributed by atoms with Crippen LogP contribution in [0.1, 0.15) is 24.5 Å². The molecule has 236 valence electrons. The van der Waals surface area contributed by atoms with E-state index in [0.29, 0.717) is 11.1 Å². The van der Waals surface area contributed by atoms with Crippen molar-refractivity contribution in [3.63, 3.8) is 0 Å². The zero-order valence-electron chi connectivity index (χ0n) is 25.9. The predicted molar refractivity (Wildman–Crippen MR) is 172 cm³/mol. The minimum Gasteiger partial charge on any atom is -0.371 e. The Balaban J connectivity index is 0.000000247. The first-order valence-corrected chi connectivity index (χ1v) is 14.7. The largest absolute Gasteiger partial charge is 0.371 e. The van der Waals surface area contributed by atoms with Gasteiger partial charge in [-0.2, -0.15) is 10.5 Å². The average Bonchev–Trinajstić information content (AvgIpc) is 3.61. The second-order valence-corrected chi connectivity index (χ2v) is 10.5. The Labute approximate surface area is 264 Å². The highest BCUT2D eigenvalue weighted by Crippen LogP contribution is 2.29. The fourth-order valence-corrected chi connectivity index (χ4v) is 5.37. The number of allylic oxidation sites excluding steroid dienone is 2. The molecule has 45 heavy (non-hydrogen) atoms. The summed E-state index contributed by atoms with van der Waals surface area (Å²) in [7, 11) is 2.13. The molecule has 5 heterocycles. The van der Waals surface area contributed by atoms with Crippen LogP contribution in [0, 0.1) is 22.7 Å². The standard InChI is InChI=1S/C19H22N6O.C11H14N4.2CH2O/c1-2-3-15-17(6-5-16-19(15)23-26-22-16)24-8-10-25(11-9-24)18-7-4-14(12-20)13-21-18;1-14-4-6-15(7-5-14)11-3-2-10(8-12)9-13-11;2*1-2/h4-7,13,18,21H,2-3,8-11H2,1H3;2-3,9H,4-7H2,1H3;2*1H2. The van der Waals surface area contributed by atoms with Crippen molar-refractivity contribution in [3.05, 3.63) is 65.5 Å². The third-order valence-electron chi connectivity index (χ3n) is 7.76. The number of benzene rings is 1. The van der Waals surface area contributed by atoms with E-state index < -0.39 is 0 Å². The van der Waals surface area contributed by atoms with Crippen molar-refractivity contribution in [2.75, 3.05) is 69.2 Å². The molecule has 3 aromatic rings. The van der Waals surface area contributed by atoms with Crippen LogP contribution >= 0.6 is 0 Å². The van der Waals surface area contributed by atoms with Crippen LogP contribution in [-0.4, -0.2) is 104 Å². The van der Waals surface area contributed by atoms with E-state index in [1.165, 1.54) is 11.3 Å². The number of dihydropyridines is 1. The first-order valence-electron chi connectivity index (χ1n) is 14.7. The molecular weight excluding hydrogens is 572 g/mol. The molecule has 0 bridgehead atoms. The number of piperazine rings is 2. The molecular formula is C32H40N10O3. The molecule has 1 N–H and O–H groups in total. The summed E-state index contributed by atoms with van der Waals surface area (Å²) in [5.74, 6) is 0.974. The average molecular weight is 613 g/mol. The van der Waals surface area contributed by atoms with Crippen LogP contribution in [0.25, 0.3) is 11.0 Å². The molecule has 0 aliphatic carbocycles. The zero-order valence-corrected chi connectivity index (χ0v) is 25.9. The third-order valence-corrected chi connectivity index (χ3v) is 7.76. The summed E-state index contributed by atoms with van der Waals surface area (Å²) in [5.41, 5.74) is 5.47. The van der Waals surface area contributed by atoms with Gasteiger partial charge in [0.05, 0.1) is 17.3 Å². The summed E-state index contributed by atoms with van der Waals surface area (Å²) < 4.78 is 4.94. The van der Waals surface area contributed by atoms with Crippen molar-refractivity contribution in [1.29, 1.82) is 10.5 Å². The van der Waals surface area contributed by atoms with Crippen LogP contribution in [0.3, 0.4) is 0 Å². The topological polar surface area (TPSA) is 159 Å². The van der Waals surface area contributed by atoms with Crippen LogP contribution in [0.4, 0.5) is 11.5 Å². The molecule has 0 radical (unpaired) electrons. The van der Waals surface area contributed by atoms with Crippen LogP contribution in [-0.2, 0) is 16.0 Å². The van der Waals surface area contributed by atoms with Gasteiger partial charge < -0.3 is 29.6 Å². The van der Waals surface area contributed by atoms with Crippen LogP contribution in [0.15, 0.2) is 59.0 Å². The molecule has 2 saturated heterocycles. The monoisotopic (exact) mass is 612 g/mol. The van der Waals surface area contributed by atoms with Crippen molar-refractivity contribution in [2.24, 2.45) is 0 Å². The molecule has 1 aromatic carbocycles. The number of aromatic nitrogens is 3. The number of rotatable bonds is 5. The van der Waals surface area contributed by atoms with E-state index in [0.717, 1.165) is 82.1 Å². The highest BCUT2D eigenvalue weighted by Gasteiger charge is 2.25. The summed E-state index contributed by atoms with van der Waals surface area (Å²) in [6, 6.07) is 12.1. The highest BCUT2D eigenvalue weighted by atomic mass is 16.6. The minimum absolute atomic E-state index is 0.159. The summed E-state index contributed by atoms with van der Waals surface area (Å²) >= 11 is 0. The first-order chi connectivity index (χ1) is 22.1. The fourth-order valence-electron chi connectivity index (χ4n) is 5.37. The molecule has 2 fully saturated rings. The number of carbonyl (C=O) groups excluding carboxylic acids is 2. The number of hydrogen-bond donors (Lipinski definition) is 1. The first kappa shape index (κ1) is 34.4. The second-order valence-electron chi connectivity index (χ2n) is 10.5. The van der Waals surface area contributed by atoms with E-state index in [4.69, 9.17) is 24.7 Å². The lowest BCUT2D eigenvalue weighted by Crippen LogP contribution is -2.53. The van der Waals surface area contributed by atoms with Crippen LogP contribution in [0.2, 0.25) is 0 Å². The van der Waals surface area contributed by atoms with Crippen molar-refractivity contribution in [3.8, 4) is 12.1 Å². The molecule has 13 heteroatoms. The lowest BCUT2D eigenvalue weighted by Gasteiger charge is -2.40. The van der Waals surface area contributed by atoms with Crippen LogP contribution in [0.5, 0.6) is 0 Å². The summed E-state index contributed by atoms with van der Waals surface area (Å²) in [5, 5.41) is 29.0. The number of carbonyl (C=O) groups is 2. The van der Waals surface area contributed by atoms with E-state index in [2.05, 4.69) is 78.5 Å². The number of fused-ring (bicyclic) bond motifs is 1. The Kier molecular flexibility index (Phi) is 13.7. The van der Waals surface area contributed by atoms with Crippen molar-refractivity contribution in [2.45, 2.75) is 25.9 Å². The number of aryl methyl sites for hydroxylation is 1. The Morgan fingerprint density at radius 2 is 1.64 bits per heavy atom. The number of nitrogens with zero attached hydrogens (tertiary/aromatic N) is 9. The van der Waals surface area contributed by atoms with Gasteiger partial charge in [0.15, 0.2) is 0 Å². The smallest absolute Gasteiger partial charge is 0.140 e. The number of anilines is 2. The fraction of sp³-hybridized carbons (Fsp3) is 0.406. The van der Waals surface area contributed by atoms with Gasteiger partial charge in [0.1, 0.15) is 42.6 Å². The maximum absolute atomic E-state index is 8.93. The van der Waals surface area contributed by atoms with Gasteiger partial charge in [0, 0.05) is 76.0 Å². The molecule has 3 aliphatic rings. The lowest BCUT2D eigenvalue weighted by molar-refractivity contribution is -0.0987. The van der Waals surface area contributed by atoms with Gasteiger partial charge in [0.2, 0.25) is 0 Å².